The highest BCUT2D eigenvalue weighted by Crippen LogP contribution is 2.61. The SMILES string of the molecule is C.CC(C)C1CC=C2C[C@@H](OC(=O)n3cnc4ccccc43)CC[C@]2(C)C1C(C)C.CC(C)C1CC=C2C[C@@H](OC(=S)n3ccnc3)CC[C@]2(C)C1C(C)C.CC(C)C1CC=C2C[C@@H](OC(=S)n3cnc4ccccc43)CC[C@]2(C)C1C(C)C.CC(C)C1CC=C2C[C@@H](S)CC[C@]2(C)C1C(C)C. The Balaban J connectivity index is 0.000000160. The van der Waals surface area contributed by atoms with Gasteiger partial charge in [0.05, 0.1) is 22.1 Å². The van der Waals surface area contributed by atoms with Crippen LogP contribution in [0.1, 0.15) is 249 Å². The Morgan fingerprint density at radius 3 is 1.15 bits per heavy atom. The fourth-order valence-electron chi connectivity index (χ4n) is 22.3. The molecule has 0 amide bonds. The van der Waals surface area contributed by atoms with Crippen molar-refractivity contribution < 1.29 is 19.0 Å². The van der Waals surface area contributed by atoms with Crippen molar-refractivity contribution in [1.29, 1.82) is 0 Å². The smallest absolute Gasteiger partial charge is 0.420 e. The average Bonchev–Trinajstić information content (AvgIpc) is 0.835. The van der Waals surface area contributed by atoms with E-state index in [1.807, 2.05) is 59.3 Å². The number of imidazole rings is 3. The van der Waals surface area contributed by atoms with Gasteiger partial charge in [-0.1, -0.05) is 217 Å². The molecule has 16 atom stereocenters. The van der Waals surface area contributed by atoms with Crippen LogP contribution in [0.5, 0.6) is 0 Å². The summed E-state index contributed by atoms with van der Waals surface area (Å²) in [6.45, 7) is 48.4. The summed E-state index contributed by atoms with van der Waals surface area (Å²) in [5, 5.41) is 1.64. The van der Waals surface area contributed by atoms with Gasteiger partial charge in [0.1, 0.15) is 37.3 Å². The van der Waals surface area contributed by atoms with Crippen molar-refractivity contribution in [2.45, 2.75) is 272 Å². The molecular weight excluding hydrogens is 1310 g/mol. The zero-order valence-corrected chi connectivity index (χ0v) is 68.3. The van der Waals surface area contributed by atoms with Gasteiger partial charge < -0.3 is 14.2 Å². The molecule has 3 heterocycles. The number of benzene rings is 2. The van der Waals surface area contributed by atoms with E-state index in [0.717, 1.165) is 139 Å². The van der Waals surface area contributed by atoms with E-state index in [-0.39, 0.29) is 37.2 Å². The Bertz CT molecular complexity index is 3600. The molecule has 8 unspecified atom stereocenters. The van der Waals surface area contributed by atoms with Gasteiger partial charge in [0.2, 0.25) is 0 Å². The third kappa shape index (κ3) is 17.1. The number of carbonyl (C=O) groups is 1. The van der Waals surface area contributed by atoms with Gasteiger partial charge in [-0.15, -0.1) is 0 Å². The number of allylic oxidation sites excluding steroid dienone is 5. The van der Waals surface area contributed by atoms with Crippen LogP contribution in [0.15, 0.2) is 127 Å². The standard InChI is InChI=1S/C25H34N2O2.C25H34N2OS.C21H32N2OS.C17H30S.CH4/c1-16(2)20-11-10-18-14-19(12-13-25(18,5)23(20)17(3)4)29-24(28)27-15-26-21-8-6-7-9-22(21)27;1-16(2)20-11-10-18-14-19(12-13-25(18,5)23(20)17(3)4)28-24(29)27-15-26-21-8-6-7-9-22(21)27;1-14(2)18-7-6-16-12-17(24-20(25)23-11-10-22-13-23)8-9-21(16,5)19(18)15(3)4;1-11(2)15-7-6-13-10-14(18)8-9-17(13,5)16(15)12(3)4;/h2*6-10,15-17,19-20,23H,11-14H2,1-5H3;6,10-11,13-15,17-19H,7-9,12H2,1-5H3;6,11-12,14-16,18H,7-10H2,1-5H3;1H4/t2*19-,20?,23?,25-;17-,18?,19?,21-;14-,15?,16?,17-;/m0000./s1. The predicted molar refractivity (Wildman–Crippen MR) is 438 cm³/mol. The molecule has 5 aromatic rings. The van der Waals surface area contributed by atoms with Crippen LogP contribution >= 0.6 is 37.1 Å². The fraction of sp³-hybridized carbons (Fsp3) is 0.685. The minimum Gasteiger partial charge on any atom is -0.467 e. The van der Waals surface area contributed by atoms with E-state index < -0.39 is 0 Å². The summed E-state index contributed by atoms with van der Waals surface area (Å²) in [5.41, 5.74) is 11.3. The van der Waals surface area contributed by atoms with Gasteiger partial charge >= 0.3 is 6.09 Å². The van der Waals surface area contributed by atoms with E-state index in [0.29, 0.717) is 61.4 Å². The summed E-state index contributed by atoms with van der Waals surface area (Å²) in [4.78, 5) is 25.6. The number of ether oxygens (including phenoxy) is 3. The van der Waals surface area contributed by atoms with Crippen molar-refractivity contribution >= 4 is 75.6 Å². The average molecular weight is 1450 g/mol. The Labute approximate surface area is 634 Å². The Morgan fingerprint density at radius 2 is 0.784 bits per heavy atom. The zero-order valence-electron chi connectivity index (χ0n) is 65.8. The van der Waals surface area contributed by atoms with Crippen molar-refractivity contribution in [2.75, 3.05) is 0 Å². The molecule has 0 spiro atoms. The van der Waals surface area contributed by atoms with E-state index in [1.165, 1.54) is 61.5 Å². The first kappa shape index (κ1) is 81.2. The van der Waals surface area contributed by atoms with E-state index in [2.05, 4.69) is 178 Å². The van der Waals surface area contributed by atoms with Crippen LogP contribution in [-0.2, 0) is 14.2 Å². The van der Waals surface area contributed by atoms with Crippen LogP contribution in [-0.4, -0.2) is 68.7 Å². The quantitative estimate of drug-likeness (QED) is 0.0788. The lowest BCUT2D eigenvalue weighted by atomic mass is 9.52. The van der Waals surface area contributed by atoms with E-state index in [9.17, 15) is 4.79 Å². The maximum atomic E-state index is 12.8. The highest BCUT2D eigenvalue weighted by molar-refractivity contribution is 7.81. The monoisotopic (exact) mass is 1450 g/mol. The molecule has 3 aromatic heterocycles. The topological polar surface area (TPSA) is 98.2 Å². The molecule has 102 heavy (non-hydrogen) atoms. The maximum absolute atomic E-state index is 12.8. The van der Waals surface area contributed by atoms with E-state index in [1.54, 1.807) is 46.5 Å². The van der Waals surface area contributed by atoms with Gasteiger partial charge in [0.25, 0.3) is 10.3 Å². The third-order valence-corrected chi connectivity index (χ3v) is 28.2. The summed E-state index contributed by atoms with van der Waals surface area (Å²) in [7, 11) is 0. The molecule has 8 aliphatic carbocycles. The Morgan fingerprint density at radius 1 is 0.451 bits per heavy atom. The minimum atomic E-state index is -0.316. The second kappa shape index (κ2) is 33.9. The summed E-state index contributed by atoms with van der Waals surface area (Å²) in [5.74, 6) is 12.1. The van der Waals surface area contributed by atoms with Crippen LogP contribution in [0, 0.1) is 116 Å². The number of carbonyl (C=O) groups excluding carboxylic acids is 1. The van der Waals surface area contributed by atoms with Gasteiger partial charge in [-0.05, 0) is 249 Å². The molecule has 562 valence electrons. The Kier molecular flexibility index (Phi) is 27.0. The molecule has 13 rings (SSSR count). The highest BCUT2D eigenvalue weighted by Gasteiger charge is 2.53. The molecule has 13 heteroatoms. The summed E-state index contributed by atoms with van der Waals surface area (Å²) >= 11 is 15.8. The molecule has 4 saturated carbocycles. The first-order valence-corrected chi connectivity index (χ1v) is 41.0. The predicted octanol–water partition coefficient (Wildman–Crippen LogP) is 24.5. The first-order valence-electron chi connectivity index (χ1n) is 39.7. The van der Waals surface area contributed by atoms with Crippen molar-refractivity contribution in [3.05, 3.63) is 127 Å². The minimum absolute atomic E-state index is 0. The van der Waals surface area contributed by atoms with Gasteiger partial charge in [0, 0.05) is 36.9 Å². The maximum Gasteiger partial charge on any atom is 0.420 e. The van der Waals surface area contributed by atoms with Gasteiger partial charge in [-0.2, -0.15) is 12.6 Å². The second-order valence-corrected chi connectivity index (χ2v) is 37.5. The number of nitrogens with zero attached hydrogens (tertiary/aromatic N) is 6. The number of hydrogen-bond acceptors (Lipinski definition) is 10. The van der Waals surface area contributed by atoms with E-state index in [4.69, 9.17) is 51.3 Å². The molecule has 8 aliphatic rings. The molecular formula is C89H134N6O4S3. The molecule has 0 bridgehead atoms. The van der Waals surface area contributed by atoms with Crippen LogP contribution in [0.4, 0.5) is 4.79 Å². The van der Waals surface area contributed by atoms with Gasteiger partial charge in [0.15, 0.2) is 0 Å². The third-order valence-electron chi connectivity index (χ3n) is 27.1. The number of rotatable bonds is 11. The number of para-hydroxylation sites is 4. The van der Waals surface area contributed by atoms with Gasteiger partial charge in [-0.3, -0.25) is 9.13 Å². The number of thiol groups is 1. The molecule has 2 aromatic carbocycles. The lowest BCUT2D eigenvalue weighted by Gasteiger charge is -2.53. The zero-order chi connectivity index (χ0) is 73.2. The number of fused-ring (bicyclic) bond motifs is 6. The first-order chi connectivity index (χ1) is 47.8. The molecule has 0 N–H and O–H groups in total. The van der Waals surface area contributed by atoms with Crippen molar-refractivity contribution in [3.8, 4) is 0 Å². The lowest BCUT2D eigenvalue weighted by molar-refractivity contribution is 0.00746. The van der Waals surface area contributed by atoms with Crippen LogP contribution < -0.4 is 0 Å². The molecule has 0 radical (unpaired) electrons. The number of thiocarbonyl (C=S) groups is 2. The van der Waals surface area contributed by atoms with E-state index >= 15 is 0 Å². The van der Waals surface area contributed by atoms with Gasteiger partial charge in [-0.25, -0.2) is 24.3 Å². The second-order valence-electron chi connectivity index (χ2n) is 36.1. The lowest BCUT2D eigenvalue weighted by Crippen LogP contribution is -2.46. The summed E-state index contributed by atoms with van der Waals surface area (Å²) < 4.78 is 23.6. The number of hydrogen-bond donors (Lipinski definition) is 1. The number of aromatic nitrogens is 6. The van der Waals surface area contributed by atoms with Crippen molar-refractivity contribution in [3.63, 3.8) is 0 Å². The van der Waals surface area contributed by atoms with Crippen LogP contribution in [0.3, 0.4) is 0 Å². The molecule has 4 fully saturated rings. The largest absolute Gasteiger partial charge is 0.467 e. The summed E-state index contributed by atoms with van der Waals surface area (Å²) in [6.07, 6.45) is 36.9. The Hall–Kier alpha value is -4.85. The normalized spacial score (nSPS) is 32.1. The van der Waals surface area contributed by atoms with Crippen LogP contribution in [0.25, 0.3) is 22.1 Å². The fourth-order valence-corrected chi connectivity index (χ4v) is 23.2. The summed E-state index contributed by atoms with van der Waals surface area (Å²) in [6, 6.07) is 15.7. The van der Waals surface area contributed by atoms with Crippen molar-refractivity contribution in [1.82, 2.24) is 28.7 Å². The highest BCUT2D eigenvalue weighted by atomic mass is 32.1. The van der Waals surface area contributed by atoms with Crippen molar-refractivity contribution in [2.24, 2.45) is 116 Å². The van der Waals surface area contributed by atoms with Crippen LogP contribution in [0.2, 0.25) is 0 Å². The molecule has 10 nitrogen and oxygen atoms in total. The molecule has 0 saturated heterocycles. The molecule has 0 aliphatic heterocycles.